The number of carboxylic acid groups (broad SMARTS) is 1. The SMILES string of the molecule is C=C(C(=O)Nc1ccc(C(=O)O)cc1)c1ccsc1. The molecule has 0 saturated carbocycles. The topological polar surface area (TPSA) is 66.4 Å². The lowest BCUT2D eigenvalue weighted by Gasteiger charge is -2.06. The largest absolute Gasteiger partial charge is 0.478 e. The molecule has 5 heteroatoms. The fourth-order valence-corrected chi connectivity index (χ4v) is 2.14. The molecule has 0 aliphatic carbocycles. The van der Waals surface area contributed by atoms with E-state index in [0.29, 0.717) is 11.3 Å². The molecule has 2 N–H and O–H groups in total. The maximum absolute atomic E-state index is 11.9. The second kappa shape index (κ2) is 5.49. The van der Waals surface area contributed by atoms with Gasteiger partial charge in [0.1, 0.15) is 0 Å². The van der Waals surface area contributed by atoms with Crippen LogP contribution in [0.4, 0.5) is 5.69 Å². The van der Waals surface area contributed by atoms with E-state index < -0.39 is 5.97 Å². The Kier molecular flexibility index (Phi) is 3.77. The molecular weight excluding hydrogens is 262 g/mol. The van der Waals surface area contributed by atoms with Crippen molar-refractivity contribution < 1.29 is 14.7 Å². The first-order valence-electron chi connectivity index (χ1n) is 5.44. The Bertz CT molecular complexity index is 615. The van der Waals surface area contributed by atoms with E-state index in [1.54, 1.807) is 12.1 Å². The standard InChI is InChI=1S/C14H11NO3S/c1-9(11-6-7-19-8-11)13(16)15-12-4-2-10(3-5-12)14(17)18/h2-8H,1H2,(H,15,16)(H,17,18). The summed E-state index contributed by atoms with van der Waals surface area (Å²) in [5.74, 6) is -1.30. The molecule has 0 fully saturated rings. The number of carboxylic acids is 1. The molecular formula is C14H11NO3S. The van der Waals surface area contributed by atoms with Crippen LogP contribution in [0.2, 0.25) is 0 Å². The number of anilines is 1. The molecule has 1 aromatic carbocycles. The van der Waals surface area contributed by atoms with Crippen LogP contribution in [0, 0.1) is 0 Å². The average Bonchev–Trinajstić information content (AvgIpc) is 2.92. The van der Waals surface area contributed by atoms with Crippen molar-refractivity contribution in [2.24, 2.45) is 0 Å². The van der Waals surface area contributed by atoms with Gasteiger partial charge in [0.25, 0.3) is 5.91 Å². The summed E-state index contributed by atoms with van der Waals surface area (Å²) in [7, 11) is 0. The molecule has 0 bridgehead atoms. The molecule has 0 atom stereocenters. The van der Waals surface area contributed by atoms with Crippen molar-refractivity contribution in [1.29, 1.82) is 0 Å². The van der Waals surface area contributed by atoms with Crippen molar-refractivity contribution in [3.05, 3.63) is 58.8 Å². The zero-order chi connectivity index (χ0) is 13.8. The van der Waals surface area contributed by atoms with Crippen molar-refractivity contribution in [3.63, 3.8) is 0 Å². The smallest absolute Gasteiger partial charge is 0.335 e. The molecule has 4 nitrogen and oxygen atoms in total. The molecule has 2 aromatic rings. The Morgan fingerprint density at radius 2 is 1.79 bits per heavy atom. The summed E-state index contributed by atoms with van der Waals surface area (Å²) in [6.45, 7) is 3.74. The van der Waals surface area contributed by atoms with Gasteiger partial charge >= 0.3 is 5.97 Å². The van der Waals surface area contributed by atoms with E-state index in [-0.39, 0.29) is 11.5 Å². The quantitative estimate of drug-likeness (QED) is 0.841. The summed E-state index contributed by atoms with van der Waals surface area (Å²) < 4.78 is 0. The Balaban J connectivity index is 2.07. The highest BCUT2D eigenvalue weighted by molar-refractivity contribution is 7.08. The molecule has 0 aliphatic heterocycles. The molecule has 1 heterocycles. The third-order valence-corrected chi connectivity index (χ3v) is 3.22. The average molecular weight is 273 g/mol. The predicted molar refractivity (Wildman–Crippen MR) is 75.4 cm³/mol. The van der Waals surface area contributed by atoms with Crippen LogP contribution in [-0.4, -0.2) is 17.0 Å². The van der Waals surface area contributed by atoms with Crippen molar-refractivity contribution in [3.8, 4) is 0 Å². The second-order valence-corrected chi connectivity index (χ2v) is 4.61. The fourth-order valence-electron chi connectivity index (χ4n) is 1.47. The van der Waals surface area contributed by atoms with Gasteiger partial charge in [-0.15, -0.1) is 0 Å². The number of aromatic carboxylic acids is 1. The molecule has 0 spiro atoms. The minimum absolute atomic E-state index is 0.176. The number of thiophene rings is 1. The Morgan fingerprint density at radius 3 is 2.32 bits per heavy atom. The van der Waals surface area contributed by atoms with Crippen LogP contribution in [-0.2, 0) is 4.79 Å². The van der Waals surface area contributed by atoms with E-state index in [0.717, 1.165) is 5.56 Å². The lowest BCUT2D eigenvalue weighted by molar-refractivity contribution is -0.111. The maximum atomic E-state index is 11.9. The van der Waals surface area contributed by atoms with Crippen molar-refractivity contribution in [1.82, 2.24) is 0 Å². The molecule has 96 valence electrons. The van der Waals surface area contributed by atoms with Gasteiger partial charge < -0.3 is 10.4 Å². The molecule has 0 unspecified atom stereocenters. The minimum Gasteiger partial charge on any atom is -0.478 e. The molecule has 0 saturated heterocycles. The first-order chi connectivity index (χ1) is 9.08. The van der Waals surface area contributed by atoms with Gasteiger partial charge in [0.05, 0.1) is 5.56 Å². The van der Waals surface area contributed by atoms with Gasteiger partial charge in [0.2, 0.25) is 0 Å². The van der Waals surface area contributed by atoms with Gasteiger partial charge in [0.15, 0.2) is 0 Å². The Hall–Kier alpha value is -2.40. The molecule has 1 amide bonds. The summed E-state index contributed by atoms with van der Waals surface area (Å²) in [5, 5.41) is 15.2. The monoisotopic (exact) mass is 273 g/mol. The van der Waals surface area contributed by atoms with Gasteiger partial charge in [0, 0.05) is 11.3 Å². The van der Waals surface area contributed by atoms with Crippen LogP contribution in [0.25, 0.3) is 5.57 Å². The third kappa shape index (κ3) is 3.08. The predicted octanol–water partition coefficient (Wildman–Crippen LogP) is 3.10. The highest BCUT2D eigenvalue weighted by atomic mass is 32.1. The van der Waals surface area contributed by atoms with E-state index in [2.05, 4.69) is 11.9 Å². The van der Waals surface area contributed by atoms with Gasteiger partial charge in [-0.3, -0.25) is 4.79 Å². The molecule has 19 heavy (non-hydrogen) atoms. The van der Waals surface area contributed by atoms with Gasteiger partial charge in [-0.25, -0.2) is 4.79 Å². The maximum Gasteiger partial charge on any atom is 0.335 e. The van der Waals surface area contributed by atoms with Crippen LogP contribution in [0.15, 0.2) is 47.7 Å². The first-order valence-corrected chi connectivity index (χ1v) is 6.38. The van der Waals surface area contributed by atoms with Crippen LogP contribution in [0.1, 0.15) is 15.9 Å². The summed E-state index contributed by atoms with van der Waals surface area (Å²) >= 11 is 1.49. The minimum atomic E-state index is -0.999. The van der Waals surface area contributed by atoms with E-state index in [1.807, 2.05) is 16.8 Å². The molecule has 0 radical (unpaired) electrons. The van der Waals surface area contributed by atoms with Crippen LogP contribution >= 0.6 is 11.3 Å². The third-order valence-electron chi connectivity index (χ3n) is 2.53. The van der Waals surface area contributed by atoms with Crippen LogP contribution in [0.3, 0.4) is 0 Å². The molecule has 2 rings (SSSR count). The highest BCUT2D eigenvalue weighted by Gasteiger charge is 2.10. The van der Waals surface area contributed by atoms with Crippen molar-refractivity contribution in [2.45, 2.75) is 0 Å². The molecule has 1 aromatic heterocycles. The van der Waals surface area contributed by atoms with E-state index in [9.17, 15) is 9.59 Å². The number of hydrogen-bond acceptors (Lipinski definition) is 3. The van der Waals surface area contributed by atoms with E-state index in [1.165, 1.54) is 23.5 Å². The second-order valence-electron chi connectivity index (χ2n) is 3.83. The lowest BCUT2D eigenvalue weighted by atomic mass is 10.1. The van der Waals surface area contributed by atoms with Crippen molar-refractivity contribution in [2.75, 3.05) is 5.32 Å². The number of hydrogen-bond donors (Lipinski definition) is 2. The summed E-state index contributed by atoms with van der Waals surface area (Å²) in [4.78, 5) is 22.6. The summed E-state index contributed by atoms with van der Waals surface area (Å²) in [6, 6.07) is 7.78. The van der Waals surface area contributed by atoms with Crippen molar-refractivity contribution >= 4 is 34.5 Å². The lowest BCUT2D eigenvalue weighted by Crippen LogP contribution is -2.12. The Labute approximate surface area is 114 Å². The number of carbonyl (C=O) groups excluding carboxylic acids is 1. The highest BCUT2D eigenvalue weighted by Crippen LogP contribution is 2.18. The number of amides is 1. The normalized spacial score (nSPS) is 9.89. The number of carbonyl (C=O) groups is 2. The Morgan fingerprint density at radius 1 is 1.11 bits per heavy atom. The summed E-state index contributed by atoms with van der Waals surface area (Å²) in [5.41, 5.74) is 1.87. The van der Waals surface area contributed by atoms with E-state index >= 15 is 0 Å². The van der Waals surface area contributed by atoms with Gasteiger partial charge in [-0.2, -0.15) is 11.3 Å². The first kappa shape index (κ1) is 13.0. The van der Waals surface area contributed by atoms with E-state index in [4.69, 9.17) is 5.11 Å². The van der Waals surface area contributed by atoms with Gasteiger partial charge in [-0.05, 0) is 46.7 Å². The summed E-state index contributed by atoms with van der Waals surface area (Å²) in [6.07, 6.45) is 0. The number of benzene rings is 1. The zero-order valence-electron chi connectivity index (χ0n) is 9.92. The number of nitrogens with one attached hydrogen (secondary N) is 1. The molecule has 0 aliphatic rings. The number of rotatable bonds is 4. The zero-order valence-corrected chi connectivity index (χ0v) is 10.7. The van der Waals surface area contributed by atoms with Crippen LogP contribution < -0.4 is 5.32 Å². The fraction of sp³-hybridized carbons (Fsp3) is 0. The van der Waals surface area contributed by atoms with Crippen LogP contribution in [0.5, 0.6) is 0 Å². The van der Waals surface area contributed by atoms with Gasteiger partial charge in [-0.1, -0.05) is 6.58 Å².